The molecule has 0 aromatic heterocycles. The molecule has 1 saturated carbocycles. The largest absolute Gasteiger partial charge is 0.377 e. The van der Waals surface area contributed by atoms with Gasteiger partial charge >= 0.3 is 0 Å². The highest BCUT2D eigenvalue weighted by Crippen LogP contribution is 2.35. The third-order valence-corrected chi connectivity index (χ3v) is 2.76. The topological polar surface area (TPSA) is 35.2 Å². The van der Waals surface area contributed by atoms with Crippen molar-refractivity contribution in [3.63, 3.8) is 0 Å². The summed E-state index contributed by atoms with van der Waals surface area (Å²) >= 11 is 0. The van der Waals surface area contributed by atoms with Crippen LogP contribution in [0.25, 0.3) is 0 Å². The average Bonchev–Trinajstić information content (AvgIpc) is 2.03. The lowest BCUT2D eigenvalue weighted by Gasteiger charge is -2.34. The van der Waals surface area contributed by atoms with Gasteiger partial charge in [-0.1, -0.05) is 13.8 Å². The van der Waals surface area contributed by atoms with Gasteiger partial charge in [-0.25, -0.2) is 0 Å². The van der Waals surface area contributed by atoms with Gasteiger partial charge in [-0.15, -0.1) is 0 Å². The van der Waals surface area contributed by atoms with E-state index in [1.807, 2.05) is 0 Å². The van der Waals surface area contributed by atoms with Crippen molar-refractivity contribution >= 4 is 0 Å². The maximum atomic E-state index is 5.60. The number of hydrogen-bond acceptors (Lipinski definition) is 2. The second-order valence-corrected chi connectivity index (χ2v) is 4.52. The van der Waals surface area contributed by atoms with Crippen LogP contribution in [-0.4, -0.2) is 19.3 Å². The molecule has 0 atom stereocenters. The van der Waals surface area contributed by atoms with Crippen molar-refractivity contribution in [2.45, 2.75) is 45.6 Å². The number of ether oxygens (including phenoxy) is 1. The Morgan fingerprint density at radius 2 is 1.92 bits per heavy atom. The number of nitrogens with two attached hydrogens (primary N) is 1. The van der Waals surface area contributed by atoms with Crippen LogP contribution in [0, 0.1) is 5.41 Å². The predicted octanol–water partition coefficient (Wildman–Crippen LogP) is 1.93. The second kappa shape index (κ2) is 4.24. The normalized spacial score (nSPS) is 24.2. The van der Waals surface area contributed by atoms with Crippen LogP contribution >= 0.6 is 0 Å². The van der Waals surface area contributed by atoms with E-state index in [1.54, 1.807) is 0 Å². The van der Waals surface area contributed by atoms with E-state index in [9.17, 15) is 0 Å². The fraction of sp³-hybridized carbons (Fsp3) is 1.00. The van der Waals surface area contributed by atoms with E-state index >= 15 is 0 Å². The number of hydrogen-bond donors (Lipinski definition) is 1. The first-order chi connectivity index (χ1) is 5.64. The first-order valence-electron chi connectivity index (χ1n) is 4.96. The molecule has 1 fully saturated rings. The first-order valence-corrected chi connectivity index (χ1v) is 4.96. The SMILES string of the molecule is CC1(C)CCC(OCCN)CC1. The summed E-state index contributed by atoms with van der Waals surface area (Å²) in [6, 6.07) is 0. The summed E-state index contributed by atoms with van der Waals surface area (Å²) in [6.07, 6.45) is 5.51. The summed E-state index contributed by atoms with van der Waals surface area (Å²) in [4.78, 5) is 0. The Bertz CT molecular complexity index is 124. The average molecular weight is 171 g/mol. The second-order valence-electron chi connectivity index (χ2n) is 4.52. The Morgan fingerprint density at radius 1 is 1.33 bits per heavy atom. The lowest BCUT2D eigenvalue weighted by Crippen LogP contribution is -2.27. The standard InChI is InChI=1S/C10H21NO/c1-10(2)5-3-9(4-6-10)12-8-7-11/h9H,3-8,11H2,1-2H3. The molecule has 2 nitrogen and oxygen atoms in total. The van der Waals surface area contributed by atoms with Gasteiger partial charge in [0.1, 0.15) is 0 Å². The third-order valence-electron chi connectivity index (χ3n) is 2.76. The van der Waals surface area contributed by atoms with Gasteiger partial charge in [0.25, 0.3) is 0 Å². The highest BCUT2D eigenvalue weighted by atomic mass is 16.5. The van der Waals surface area contributed by atoms with Gasteiger partial charge in [-0.2, -0.15) is 0 Å². The summed E-state index contributed by atoms with van der Waals surface area (Å²) in [7, 11) is 0. The Kier molecular flexibility index (Phi) is 3.53. The summed E-state index contributed by atoms with van der Waals surface area (Å²) < 4.78 is 5.60. The molecular formula is C10H21NO. The molecule has 1 rings (SSSR count). The van der Waals surface area contributed by atoms with Gasteiger partial charge in [0.05, 0.1) is 12.7 Å². The van der Waals surface area contributed by atoms with Crippen LogP contribution in [-0.2, 0) is 4.74 Å². The molecule has 0 heterocycles. The van der Waals surface area contributed by atoms with Crippen molar-refractivity contribution in [1.29, 1.82) is 0 Å². The van der Waals surface area contributed by atoms with Crippen LogP contribution < -0.4 is 5.73 Å². The molecule has 0 spiro atoms. The monoisotopic (exact) mass is 171 g/mol. The zero-order chi connectivity index (χ0) is 9.03. The van der Waals surface area contributed by atoms with Crippen molar-refractivity contribution < 1.29 is 4.74 Å². The molecule has 0 bridgehead atoms. The molecule has 0 aromatic carbocycles. The quantitative estimate of drug-likeness (QED) is 0.704. The summed E-state index contributed by atoms with van der Waals surface area (Å²) in [5.41, 5.74) is 5.92. The van der Waals surface area contributed by atoms with Gasteiger partial charge in [0.15, 0.2) is 0 Å². The van der Waals surface area contributed by atoms with Crippen molar-refractivity contribution in [3.05, 3.63) is 0 Å². The summed E-state index contributed by atoms with van der Waals surface area (Å²) in [6.45, 7) is 6.06. The van der Waals surface area contributed by atoms with Crippen LogP contribution in [0.1, 0.15) is 39.5 Å². The summed E-state index contributed by atoms with van der Waals surface area (Å²) in [5.74, 6) is 0. The predicted molar refractivity (Wildman–Crippen MR) is 51.0 cm³/mol. The van der Waals surface area contributed by atoms with Gasteiger partial charge in [-0.3, -0.25) is 0 Å². The minimum atomic E-state index is 0.488. The molecule has 1 aliphatic rings. The maximum absolute atomic E-state index is 5.60. The Balaban J connectivity index is 2.18. The molecule has 0 amide bonds. The maximum Gasteiger partial charge on any atom is 0.0592 e. The van der Waals surface area contributed by atoms with Gasteiger partial charge < -0.3 is 10.5 Å². The van der Waals surface area contributed by atoms with Crippen LogP contribution in [0.5, 0.6) is 0 Å². The van der Waals surface area contributed by atoms with Crippen LogP contribution in [0.4, 0.5) is 0 Å². The minimum absolute atomic E-state index is 0.488. The van der Waals surface area contributed by atoms with E-state index < -0.39 is 0 Å². The molecule has 0 unspecified atom stereocenters. The van der Waals surface area contributed by atoms with E-state index in [1.165, 1.54) is 25.7 Å². The van der Waals surface area contributed by atoms with E-state index in [-0.39, 0.29) is 0 Å². The lowest BCUT2D eigenvalue weighted by atomic mass is 9.76. The Morgan fingerprint density at radius 3 is 2.42 bits per heavy atom. The molecule has 2 N–H and O–H groups in total. The van der Waals surface area contributed by atoms with Gasteiger partial charge in [0, 0.05) is 6.54 Å². The van der Waals surface area contributed by atoms with E-state index in [0.29, 0.717) is 18.1 Å². The summed E-state index contributed by atoms with van der Waals surface area (Å²) in [5, 5.41) is 0. The fourth-order valence-corrected chi connectivity index (χ4v) is 1.77. The molecule has 1 aliphatic carbocycles. The Hall–Kier alpha value is -0.0800. The van der Waals surface area contributed by atoms with Crippen molar-refractivity contribution in [2.24, 2.45) is 11.1 Å². The van der Waals surface area contributed by atoms with Crippen LogP contribution in [0.3, 0.4) is 0 Å². The molecule has 0 radical (unpaired) electrons. The highest BCUT2D eigenvalue weighted by molar-refractivity contribution is 4.78. The first kappa shape index (κ1) is 10.0. The fourth-order valence-electron chi connectivity index (χ4n) is 1.77. The minimum Gasteiger partial charge on any atom is -0.377 e. The van der Waals surface area contributed by atoms with E-state index in [2.05, 4.69) is 13.8 Å². The van der Waals surface area contributed by atoms with E-state index in [0.717, 1.165) is 6.61 Å². The van der Waals surface area contributed by atoms with Crippen molar-refractivity contribution in [3.8, 4) is 0 Å². The van der Waals surface area contributed by atoms with Gasteiger partial charge in [0.2, 0.25) is 0 Å². The zero-order valence-electron chi connectivity index (χ0n) is 8.31. The van der Waals surface area contributed by atoms with Gasteiger partial charge in [-0.05, 0) is 31.1 Å². The number of rotatable bonds is 3. The lowest BCUT2D eigenvalue weighted by molar-refractivity contribution is 0.00832. The van der Waals surface area contributed by atoms with Crippen molar-refractivity contribution in [1.82, 2.24) is 0 Å². The molecule has 72 valence electrons. The van der Waals surface area contributed by atoms with Crippen molar-refractivity contribution in [2.75, 3.05) is 13.2 Å². The molecule has 0 aliphatic heterocycles. The molecule has 2 heteroatoms. The molecule has 12 heavy (non-hydrogen) atoms. The zero-order valence-corrected chi connectivity index (χ0v) is 8.31. The van der Waals surface area contributed by atoms with E-state index in [4.69, 9.17) is 10.5 Å². The smallest absolute Gasteiger partial charge is 0.0592 e. The molecular weight excluding hydrogens is 150 g/mol. The molecule has 0 saturated heterocycles. The Labute approximate surface area is 75.5 Å². The third kappa shape index (κ3) is 3.11. The molecule has 0 aromatic rings. The van der Waals surface area contributed by atoms with Crippen LogP contribution in [0.15, 0.2) is 0 Å². The highest BCUT2D eigenvalue weighted by Gasteiger charge is 2.26. The van der Waals surface area contributed by atoms with Crippen LogP contribution in [0.2, 0.25) is 0 Å².